The fraction of sp³-hybridized carbons (Fsp3) is 0.647. The van der Waals surface area contributed by atoms with Gasteiger partial charge in [-0.05, 0) is 49.8 Å². The topological polar surface area (TPSA) is 44.5 Å². The maximum Gasteiger partial charge on any atom is 0.125 e. The molecule has 1 saturated carbocycles. The van der Waals surface area contributed by atoms with Crippen molar-refractivity contribution < 1.29 is 9.47 Å². The molecule has 3 unspecified atom stereocenters. The summed E-state index contributed by atoms with van der Waals surface area (Å²) in [6.45, 7) is 2.35. The van der Waals surface area contributed by atoms with Crippen LogP contribution in [0.5, 0.6) is 11.5 Å². The SMILES string of the molecule is COc1ccc2c(c1)C(N)CC1(CCCC(C)CC1)O2. The van der Waals surface area contributed by atoms with Gasteiger partial charge in [0.1, 0.15) is 17.1 Å². The Bertz CT molecular complexity index is 488. The van der Waals surface area contributed by atoms with Crippen LogP contribution < -0.4 is 15.2 Å². The van der Waals surface area contributed by atoms with E-state index in [0.29, 0.717) is 0 Å². The Labute approximate surface area is 121 Å². The van der Waals surface area contributed by atoms with Gasteiger partial charge in [-0.2, -0.15) is 0 Å². The molecule has 3 nitrogen and oxygen atoms in total. The molecule has 1 heterocycles. The highest BCUT2D eigenvalue weighted by Crippen LogP contribution is 2.46. The third-order valence-corrected chi connectivity index (χ3v) is 4.96. The smallest absolute Gasteiger partial charge is 0.125 e. The molecule has 1 aromatic carbocycles. The van der Waals surface area contributed by atoms with E-state index in [0.717, 1.165) is 42.2 Å². The van der Waals surface area contributed by atoms with Crippen LogP contribution in [0.3, 0.4) is 0 Å². The Morgan fingerprint density at radius 1 is 1.30 bits per heavy atom. The fourth-order valence-corrected chi connectivity index (χ4v) is 3.68. The lowest BCUT2D eigenvalue weighted by molar-refractivity contribution is 0.0204. The molecule has 1 aliphatic carbocycles. The summed E-state index contributed by atoms with van der Waals surface area (Å²) in [6, 6.07) is 6.06. The standard InChI is InChI=1S/C17H25NO2/c1-12-4-3-8-17(9-7-12)11-15(18)14-10-13(19-2)5-6-16(14)20-17/h5-6,10,12,15H,3-4,7-9,11,18H2,1-2H3. The van der Waals surface area contributed by atoms with Gasteiger partial charge in [-0.1, -0.05) is 13.3 Å². The summed E-state index contributed by atoms with van der Waals surface area (Å²) in [5, 5.41) is 0. The first-order valence-electron chi connectivity index (χ1n) is 7.74. The average Bonchev–Trinajstić information content (AvgIpc) is 2.61. The van der Waals surface area contributed by atoms with Gasteiger partial charge in [0.05, 0.1) is 7.11 Å². The molecule has 1 spiro atoms. The number of hydrogen-bond acceptors (Lipinski definition) is 3. The summed E-state index contributed by atoms with van der Waals surface area (Å²) >= 11 is 0. The van der Waals surface area contributed by atoms with Crippen molar-refractivity contribution in [2.45, 2.75) is 57.1 Å². The van der Waals surface area contributed by atoms with E-state index in [1.807, 2.05) is 18.2 Å². The second kappa shape index (κ2) is 5.28. The largest absolute Gasteiger partial charge is 0.497 e. The van der Waals surface area contributed by atoms with Gasteiger partial charge in [-0.3, -0.25) is 0 Å². The predicted octanol–water partition coefficient (Wildman–Crippen LogP) is 3.82. The maximum atomic E-state index is 6.43. The second-order valence-electron chi connectivity index (χ2n) is 6.54. The third-order valence-electron chi connectivity index (χ3n) is 4.96. The molecule has 1 fully saturated rings. The number of nitrogens with two attached hydrogens (primary N) is 1. The minimum Gasteiger partial charge on any atom is -0.497 e. The van der Waals surface area contributed by atoms with Crippen LogP contribution in [-0.2, 0) is 0 Å². The lowest BCUT2D eigenvalue weighted by atomic mass is 9.82. The predicted molar refractivity (Wildman–Crippen MR) is 80.1 cm³/mol. The van der Waals surface area contributed by atoms with Crippen molar-refractivity contribution in [1.82, 2.24) is 0 Å². The highest BCUT2D eigenvalue weighted by Gasteiger charge is 2.40. The monoisotopic (exact) mass is 275 g/mol. The van der Waals surface area contributed by atoms with Crippen molar-refractivity contribution in [2.24, 2.45) is 11.7 Å². The van der Waals surface area contributed by atoms with Gasteiger partial charge in [0.2, 0.25) is 0 Å². The van der Waals surface area contributed by atoms with Crippen LogP contribution in [0.25, 0.3) is 0 Å². The first-order chi connectivity index (χ1) is 9.62. The number of methoxy groups -OCH3 is 1. The molecular formula is C17H25NO2. The Kier molecular flexibility index (Phi) is 3.63. The Morgan fingerprint density at radius 3 is 2.95 bits per heavy atom. The van der Waals surface area contributed by atoms with Gasteiger partial charge in [-0.25, -0.2) is 0 Å². The van der Waals surface area contributed by atoms with Gasteiger partial charge >= 0.3 is 0 Å². The Hall–Kier alpha value is -1.22. The molecule has 3 rings (SSSR count). The van der Waals surface area contributed by atoms with Crippen LogP contribution in [0.4, 0.5) is 0 Å². The lowest BCUT2D eigenvalue weighted by Crippen LogP contribution is -2.42. The quantitative estimate of drug-likeness (QED) is 0.847. The van der Waals surface area contributed by atoms with E-state index in [4.69, 9.17) is 15.2 Å². The fourth-order valence-electron chi connectivity index (χ4n) is 3.68. The number of ether oxygens (including phenoxy) is 2. The molecule has 20 heavy (non-hydrogen) atoms. The molecule has 3 heteroatoms. The molecule has 1 aromatic rings. The van der Waals surface area contributed by atoms with Crippen LogP contribution in [0.2, 0.25) is 0 Å². The average molecular weight is 275 g/mol. The first-order valence-corrected chi connectivity index (χ1v) is 7.74. The summed E-state index contributed by atoms with van der Waals surface area (Å²) in [4.78, 5) is 0. The molecule has 2 N–H and O–H groups in total. The van der Waals surface area contributed by atoms with Gasteiger partial charge in [0.25, 0.3) is 0 Å². The summed E-state index contributed by atoms with van der Waals surface area (Å²) < 4.78 is 11.7. The zero-order chi connectivity index (χ0) is 14.2. The zero-order valence-electron chi connectivity index (χ0n) is 12.5. The summed E-state index contributed by atoms with van der Waals surface area (Å²) in [7, 11) is 1.69. The molecular weight excluding hydrogens is 250 g/mol. The minimum atomic E-state index is -0.0359. The number of benzene rings is 1. The molecule has 2 aliphatic rings. The maximum absolute atomic E-state index is 6.43. The van der Waals surface area contributed by atoms with Crippen molar-refractivity contribution in [3.05, 3.63) is 23.8 Å². The summed E-state index contributed by atoms with van der Waals surface area (Å²) in [5.41, 5.74) is 7.48. The van der Waals surface area contributed by atoms with Crippen LogP contribution in [-0.4, -0.2) is 12.7 Å². The summed E-state index contributed by atoms with van der Waals surface area (Å²) in [6.07, 6.45) is 7.01. The normalized spacial score (nSPS) is 33.1. The van der Waals surface area contributed by atoms with Crippen LogP contribution in [0.15, 0.2) is 18.2 Å². The molecule has 0 saturated heterocycles. The second-order valence-corrected chi connectivity index (χ2v) is 6.54. The highest BCUT2D eigenvalue weighted by atomic mass is 16.5. The van der Waals surface area contributed by atoms with Crippen LogP contribution >= 0.6 is 0 Å². The molecule has 0 radical (unpaired) electrons. The highest BCUT2D eigenvalue weighted by molar-refractivity contribution is 5.44. The third kappa shape index (κ3) is 2.51. The van der Waals surface area contributed by atoms with E-state index in [9.17, 15) is 0 Å². The molecule has 110 valence electrons. The van der Waals surface area contributed by atoms with Crippen molar-refractivity contribution in [1.29, 1.82) is 0 Å². The molecule has 3 atom stereocenters. The first kappa shape index (κ1) is 13.7. The van der Waals surface area contributed by atoms with Gasteiger partial charge < -0.3 is 15.2 Å². The van der Waals surface area contributed by atoms with Crippen molar-refractivity contribution in [2.75, 3.05) is 7.11 Å². The van der Waals surface area contributed by atoms with Crippen molar-refractivity contribution in [3.8, 4) is 11.5 Å². The number of fused-ring (bicyclic) bond motifs is 1. The Morgan fingerprint density at radius 2 is 2.15 bits per heavy atom. The molecule has 1 aliphatic heterocycles. The molecule has 0 aromatic heterocycles. The zero-order valence-corrected chi connectivity index (χ0v) is 12.5. The number of hydrogen-bond donors (Lipinski definition) is 1. The van der Waals surface area contributed by atoms with E-state index in [2.05, 4.69) is 6.92 Å². The van der Waals surface area contributed by atoms with Gasteiger partial charge in [-0.15, -0.1) is 0 Å². The van der Waals surface area contributed by atoms with Crippen LogP contribution in [0.1, 0.15) is 57.1 Å². The minimum absolute atomic E-state index is 0.0359. The molecule has 0 bridgehead atoms. The van der Waals surface area contributed by atoms with E-state index in [-0.39, 0.29) is 11.6 Å². The molecule has 0 amide bonds. The van der Waals surface area contributed by atoms with E-state index < -0.39 is 0 Å². The van der Waals surface area contributed by atoms with Gasteiger partial charge in [0.15, 0.2) is 0 Å². The van der Waals surface area contributed by atoms with Crippen molar-refractivity contribution >= 4 is 0 Å². The van der Waals surface area contributed by atoms with E-state index >= 15 is 0 Å². The Balaban J connectivity index is 1.88. The lowest BCUT2D eigenvalue weighted by Gasteiger charge is -2.41. The van der Waals surface area contributed by atoms with E-state index in [1.165, 1.54) is 19.3 Å². The van der Waals surface area contributed by atoms with Gasteiger partial charge in [0, 0.05) is 18.0 Å². The van der Waals surface area contributed by atoms with E-state index in [1.54, 1.807) is 7.11 Å². The van der Waals surface area contributed by atoms with Crippen LogP contribution in [0, 0.1) is 5.92 Å². The summed E-state index contributed by atoms with van der Waals surface area (Å²) in [5.74, 6) is 2.62. The van der Waals surface area contributed by atoms with Crippen molar-refractivity contribution in [3.63, 3.8) is 0 Å². The number of rotatable bonds is 1.